The summed E-state index contributed by atoms with van der Waals surface area (Å²) in [6.45, 7) is 4.26. The van der Waals surface area contributed by atoms with Gasteiger partial charge < -0.3 is 10.6 Å². The number of hydrogen-bond acceptors (Lipinski definition) is 3. The highest BCUT2D eigenvalue weighted by molar-refractivity contribution is 5.94. The van der Waals surface area contributed by atoms with Crippen molar-refractivity contribution in [3.63, 3.8) is 0 Å². The van der Waals surface area contributed by atoms with Gasteiger partial charge in [0.15, 0.2) is 0 Å². The topological polar surface area (TPSA) is 49.6 Å². The van der Waals surface area contributed by atoms with Crippen molar-refractivity contribution in [2.24, 2.45) is 5.73 Å². The minimum atomic E-state index is -0.658. The summed E-state index contributed by atoms with van der Waals surface area (Å²) in [7, 11) is 2.11. The van der Waals surface area contributed by atoms with E-state index in [-0.39, 0.29) is 5.56 Å². The molecule has 1 saturated heterocycles. The van der Waals surface area contributed by atoms with Crippen molar-refractivity contribution in [1.29, 1.82) is 0 Å². The Morgan fingerprint density at radius 1 is 1.32 bits per heavy atom. The lowest BCUT2D eigenvalue weighted by Crippen LogP contribution is -2.43. The number of carbonyl (C=O) groups excluding carboxylic acids is 1. The summed E-state index contributed by atoms with van der Waals surface area (Å²) in [6.07, 6.45) is 0. The third kappa shape index (κ3) is 3.52. The molecule has 1 aromatic carbocycles. The summed E-state index contributed by atoms with van der Waals surface area (Å²) >= 11 is 0. The number of nitrogens with zero attached hydrogens (tertiary/aromatic N) is 2. The van der Waals surface area contributed by atoms with Crippen molar-refractivity contribution in [1.82, 2.24) is 9.80 Å². The Balaban J connectivity index is 2.07. The molecule has 0 bridgehead atoms. The zero-order valence-electron chi connectivity index (χ0n) is 11.2. The third-order valence-electron chi connectivity index (χ3n) is 3.58. The molecule has 1 amide bonds. The summed E-state index contributed by atoms with van der Waals surface area (Å²) in [5.41, 5.74) is 6.92. The number of hydrogen-bond donors (Lipinski definition) is 1. The Labute approximate surface area is 113 Å². The molecule has 0 unspecified atom stereocenters. The van der Waals surface area contributed by atoms with Crippen molar-refractivity contribution in [2.75, 3.05) is 33.2 Å². The molecule has 1 aliphatic heterocycles. The minimum Gasteiger partial charge on any atom is -0.366 e. The number of benzene rings is 1. The number of rotatable bonds is 4. The van der Waals surface area contributed by atoms with Crippen LogP contribution in [0.15, 0.2) is 18.2 Å². The zero-order chi connectivity index (χ0) is 13.8. The van der Waals surface area contributed by atoms with Gasteiger partial charge in [-0.25, -0.2) is 4.39 Å². The van der Waals surface area contributed by atoms with E-state index < -0.39 is 12.6 Å². The Morgan fingerprint density at radius 3 is 2.58 bits per heavy atom. The maximum atomic E-state index is 12.9. The van der Waals surface area contributed by atoms with E-state index in [4.69, 9.17) is 5.73 Å². The standard InChI is InChI=1S/C14H20FN3O/c1-17-4-6-18(7-5-17)10-11-2-3-13(14(16)19)12(8-11)9-15/h2-3,8H,4-7,9-10H2,1H3,(H2,16,19). The van der Waals surface area contributed by atoms with Crippen LogP contribution in [0.4, 0.5) is 4.39 Å². The summed E-state index contributed by atoms with van der Waals surface area (Å²) in [5.74, 6) is -0.571. The third-order valence-corrected chi connectivity index (χ3v) is 3.58. The van der Waals surface area contributed by atoms with Crippen molar-refractivity contribution >= 4 is 5.91 Å². The van der Waals surface area contributed by atoms with Gasteiger partial charge in [0.25, 0.3) is 0 Å². The lowest BCUT2D eigenvalue weighted by molar-refractivity contribution is 0.0998. The molecule has 4 nitrogen and oxygen atoms in total. The first-order valence-electron chi connectivity index (χ1n) is 6.48. The van der Waals surface area contributed by atoms with Crippen LogP contribution in [0.1, 0.15) is 21.5 Å². The molecule has 0 radical (unpaired) electrons. The van der Waals surface area contributed by atoms with E-state index in [9.17, 15) is 9.18 Å². The molecular formula is C14H20FN3O. The number of likely N-dealkylation sites (N-methyl/N-ethyl adjacent to an activating group) is 1. The quantitative estimate of drug-likeness (QED) is 0.883. The summed E-state index contributed by atoms with van der Waals surface area (Å²) in [6, 6.07) is 5.23. The highest BCUT2D eigenvalue weighted by Crippen LogP contribution is 2.15. The number of carbonyl (C=O) groups is 1. The van der Waals surface area contributed by atoms with Crippen LogP contribution in [-0.4, -0.2) is 48.9 Å². The number of primary amides is 1. The van der Waals surface area contributed by atoms with Gasteiger partial charge in [0.2, 0.25) is 5.91 Å². The first-order valence-corrected chi connectivity index (χ1v) is 6.48. The van der Waals surface area contributed by atoms with Crippen LogP contribution in [0.25, 0.3) is 0 Å². The lowest BCUT2D eigenvalue weighted by Gasteiger charge is -2.32. The first-order chi connectivity index (χ1) is 9.10. The van der Waals surface area contributed by atoms with Gasteiger partial charge in [0, 0.05) is 38.3 Å². The van der Waals surface area contributed by atoms with Gasteiger partial charge in [-0.1, -0.05) is 12.1 Å². The fourth-order valence-corrected chi connectivity index (χ4v) is 2.36. The molecule has 1 heterocycles. The van der Waals surface area contributed by atoms with Crippen LogP contribution in [0.3, 0.4) is 0 Å². The van der Waals surface area contributed by atoms with Crippen molar-refractivity contribution in [2.45, 2.75) is 13.2 Å². The SMILES string of the molecule is CN1CCN(Cc2ccc(C(N)=O)c(CF)c2)CC1. The van der Waals surface area contributed by atoms with Crippen LogP contribution < -0.4 is 5.73 Å². The monoisotopic (exact) mass is 265 g/mol. The van der Waals surface area contributed by atoms with E-state index >= 15 is 0 Å². The second-order valence-corrected chi connectivity index (χ2v) is 5.07. The van der Waals surface area contributed by atoms with Gasteiger partial charge in [0.05, 0.1) is 0 Å². The fraction of sp³-hybridized carbons (Fsp3) is 0.500. The summed E-state index contributed by atoms with van der Waals surface area (Å²) < 4.78 is 12.9. The van der Waals surface area contributed by atoms with Crippen LogP contribution in [0.5, 0.6) is 0 Å². The highest BCUT2D eigenvalue weighted by atomic mass is 19.1. The highest BCUT2D eigenvalue weighted by Gasteiger charge is 2.15. The second-order valence-electron chi connectivity index (χ2n) is 5.07. The molecular weight excluding hydrogens is 245 g/mol. The first kappa shape index (κ1) is 14.0. The predicted octanol–water partition coefficient (Wildman–Crippen LogP) is 1.00. The maximum absolute atomic E-state index is 12.9. The average molecular weight is 265 g/mol. The molecule has 1 fully saturated rings. The molecule has 104 valence electrons. The van der Waals surface area contributed by atoms with Crippen LogP contribution in [0, 0.1) is 0 Å². The Hall–Kier alpha value is -1.46. The maximum Gasteiger partial charge on any atom is 0.249 e. The Bertz CT molecular complexity index is 456. The number of halogens is 1. The van der Waals surface area contributed by atoms with Gasteiger partial charge in [0.1, 0.15) is 6.67 Å². The van der Waals surface area contributed by atoms with Crippen molar-refractivity contribution < 1.29 is 9.18 Å². The molecule has 0 saturated carbocycles. The van der Waals surface area contributed by atoms with E-state index in [1.165, 1.54) is 0 Å². The van der Waals surface area contributed by atoms with Gasteiger partial charge in [-0.15, -0.1) is 0 Å². The molecule has 0 aromatic heterocycles. The minimum absolute atomic E-state index is 0.282. The molecule has 1 aromatic rings. The fourth-order valence-electron chi connectivity index (χ4n) is 2.36. The van der Waals surface area contributed by atoms with Crippen LogP contribution in [-0.2, 0) is 13.2 Å². The number of piperazine rings is 1. The molecule has 2 rings (SSSR count). The van der Waals surface area contributed by atoms with Crippen LogP contribution in [0.2, 0.25) is 0 Å². The smallest absolute Gasteiger partial charge is 0.249 e. The van der Waals surface area contributed by atoms with Gasteiger partial charge in [-0.05, 0) is 24.2 Å². The van der Waals surface area contributed by atoms with Gasteiger partial charge in [-0.3, -0.25) is 9.69 Å². The van der Waals surface area contributed by atoms with Gasteiger partial charge >= 0.3 is 0 Å². The number of nitrogens with two attached hydrogens (primary N) is 1. The molecule has 0 spiro atoms. The Morgan fingerprint density at radius 2 is 2.00 bits per heavy atom. The van der Waals surface area contributed by atoms with E-state index in [0.29, 0.717) is 5.56 Å². The van der Waals surface area contributed by atoms with Crippen LogP contribution >= 0.6 is 0 Å². The molecule has 19 heavy (non-hydrogen) atoms. The zero-order valence-corrected chi connectivity index (χ0v) is 11.2. The lowest BCUT2D eigenvalue weighted by atomic mass is 10.0. The predicted molar refractivity (Wildman–Crippen MR) is 72.5 cm³/mol. The Kier molecular flexibility index (Phi) is 4.50. The van der Waals surface area contributed by atoms with E-state index in [2.05, 4.69) is 16.8 Å². The number of amides is 1. The largest absolute Gasteiger partial charge is 0.366 e. The summed E-state index contributed by atoms with van der Waals surface area (Å²) in [4.78, 5) is 15.8. The van der Waals surface area contributed by atoms with Gasteiger partial charge in [-0.2, -0.15) is 0 Å². The summed E-state index contributed by atoms with van der Waals surface area (Å²) in [5, 5.41) is 0. The second kappa shape index (κ2) is 6.12. The van der Waals surface area contributed by atoms with E-state index in [0.717, 1.165) is 38.3 Å². The van der Waals surface area contributed by atoms with Crippen molar-refractivity contribution in [3.05, 3.63) is 34.9 Å². The van der Waals surface area contributed by atoms with Crippen molar-refractivity contribution in [3.8, 4) is 0 Å². The normalized spacial score (nSPS) is 17.6. The van der Waals surface area contributed by atoms with E-state index in [1.54, 1.807) is 12.1 Å². The molecule has 2 N–H and O–H groups in total. The molecule has 0 aliphatic carbocycles. The molecule has 5 heteroatoms. The molecule has 1 aliphatic rings. The molecule has 0 atom stereocenters. The average Bonchev–Trinajstić information content (AvgIpc) is 2.41. The number of alkyl halides is 1. The van der Waals surface area contributed by atoms with E-state index in [1.807, 2.05) is 6.07 Å².